The van der Waals surface area contributed by atoms with Crippen molar-refractivity contribution in [2.24, 2.45) is 0 Å². The lowest BCUT2D eigenvalue weighted by molar-refractivity contribution is -0.116. The Hall–Kier alpha value is -2.89. The molecule has 130 valence electrons. The number of aromatic nitrogens is 4. The maximum absolute atomic E-state index is 12.3. The van der Waals surface area contributed by atoms with Crippen molar-refractivity contribution >= 4 is 11.7 Å². The van der Waals surface area contributed by atoms with Gasteiger partial charge in [0.25, 0.3) is 0 Å². The van der Waals surface area contributed by atoms with Crippen molar-refractivity contribution < 1.29 is 4.79 Å². The van der Waals surface area contributed by atoms with E-state index in [1.165, 1.54) is 0 Å². The average Bonchev–Trinajstić information content (AvgIpc) is 3.07. The zero-order chi connectivity index (χ0) is 17.8. The Morgan fingerprint density at radius 3 is 2.36 bits per heavy atom. The Balaban J connectivity index is 1.64. The van der Waals surface area contributed by atoms with Gasteiger partial charge in [0.15, 0.2) is 0 Å². The van der Waals surface area contributed by atoms with Gasteiger partial charge in [0.1, 0.15) is 5.82 Å². The fraction of sp³-hybridized carbons (Fsp3) is 0.316. The SMILES string of the molecule is Cc1cc(C)n(CCC(=O)Nc2cc(C)nn2Cc2ccccc2)n1. The molecule has 0 saturated carbocycles. The van der Waals surface area contributed by atoms with Crippen molar-refractivity contribution in [1.82, 2.24) is 19.6 Å². The summed E-state index contributed by atoms with van der Waals surface area (Å²) >= 11 is 0. The summed E-state index contributed by atoms with van der Waals surface area (Å²) in [6, 6.07) is 14.0. The van der Waals surface area contributed by atoms with Crippen LogP contribution in [-0.2, 0) is 17.9 Å². The highest BCUT2D eigenvalue weighted by molar-refractivity contribution is 5.89. The molecule has 0 aliphatic carbocycles. The molecular weight excluding hydrogens is 314 g/mol. The highest BCUT2D eigenvalue weighted by Crippen LogP contribution is 2.13. The summed E-state index contributed by atoms with van der Waals surface area (Å²) in [5.74, 6) is 0.682. The van der Waals surface area contributed by atoms with E-state index in [9.17, 15) is 4.79 Å². The van der Waals surface area contributed by atoms with Crippen molar-refractivity contribution in [3.05, 3.63) is 65.1 Å². The Morgan fingerprint density at radius 2 is 1.68 bits per heavy atom. The second-order valence-electron chi connectivity index (χ2n) is 6.26. The van der Waals surface area contributed by atoms with Gasteiger partial charge in [-0.1, -0.05) is 30.3 Å². The molecule has 0 fully saturated rings. The van der Waals surface area contributed by atoms with Crippen molar-refractivity contribution in [1.29, 1.82) is 0 Å². The van der Waals surface area contributed by atoms with E-state index in [0.29, 0.717) is 19.5 Å². The summed E-state index contributed by atoms with van der Waals surface area (Å²) in [5, 5.41) is 11.8. The van der Waals surface area contributed by atoms with E-state index in [4.69, 9.17) is 0 Å². The molecule has 0 atom stereocenters. The van der Waals surface area contributed by atoms with Crippen LogP contribution in [0.3, 0.4) is 0 Å². The molecule has 0 radical (unpaired) electrons. The van der Waals surface area contributed by atoms with Crippen LogP contribution < -0.4 is 5.32 Å². The van der Waals surface area contributed by atoms with Crippen LogP contribution in [0.4, 0.5) is 5.82 Å². The normalized spacial score (nSPS) is 10.8. The lowest BCUT2D eigenvalue weighted by atomic mass is 10.2. The molecule has 0 aliphatic heterocycles. The van der Waals surface area contributed by atoms with Crippen LogP contribution in [0.25, 0.3) is 0 Å². The van der Waals surface area contributed by atoms with Gasteiger partial charge < -0.3 is 5.32 Å². The van der Waals surface area contributed by atoms with Gasteiger partial charge in [0, 0.05) is 24.7 Å². The number of carbonyl (C=O) groups excluding carboxylic acids is 1. The molecule has 1 amide bonds. The Morgan fingerprint density at radius 1 is 1.00 bits per heavy atom. The number of aryl methyl sites for hydroxylation is 4. The minimum Gasteiger partial charge on any atom is -0.311 e. The topological polar surface area (TPSA) is 64.7 Å². The van der Waals surface area contributed by atoms with Crippen molar-refractivity contribution in [3.8, 4) is 0 Å². The Labute approximate surface area is 147 Å². The molecule has 6 heteroatoms. The third kappa shape index (κ3) is 4.35. The van der Waals surface area contributed by atoms with Crippen LogP contribution in [0.5, 0.6) is 0 Å². The molecule has 0 saturated heterocycles. The van der Waals surface area contributed by atoms with E-state index in [2.05, 4.69) is 15.5 Å². The first-order valence-corrected chi connectivity index (χ1v) is 8.40. The minimum atomic E-state index is -0.0400. The second-order valence-corrected chi connectivity index (χ2v) is 6.26. The summed E-state index contributed by atoms with van der Waals surface area (Å²) in [5.41, 5.74) is 4.05. The summed E-state index contributed by atoms with van der Waals surface area (Å²) < 4.78 is 3.69. The number of carbonyl (C=O) groups is 1. The lowest BCUT2D eigenvalue weighted by Crippen LogP contribution is -2.18. The summed E-state index contributed by atoms with van der Waals surface area (Å²) in [4.78, 5) is 12.3. The first kappa shape index (κ1) is 17.0. The molecule has 6 nitrogen and oxygen atoms in total. The van der Waals surface area contributed by atoms with Gasteiger partial charge >= 0.3 is 0 Å². The summed E-state index contributed by atoms with van der Waals surface area (Å²) in [6.07, 6.45) is 0.373. The van der Waals surface area contributed by atoms with E-state index in [1.807, 2.05) is 72.6 Å². The molecule has 3 aromatic rings. The van der Waals surface area contributed by atoms with E-state index in [0.717, 1.165) is 28.5 Å². The summed E-state index contributed by atoms with van der Waals surface area (Å²) in [6.45, 7) is 7.07. The predicted octanol–water partition coefficient (Wildman–Crippen LogP) is 3.08. The standard InChI is InChI=1S/C19H23N5O/c1-14-11-16(3)23(21-14)10-9-19(25)20-18-12-15(2)22-24(18)13-17-7-5-4-6-8-17/h4-8,11-12H,9-10,13H2,1-3H3,(H,20,25). The average molecular weight is 337 g/mol. The van der Waals surface area contributed by atoms with Gasteiger partial charge in [0.2, 0.25) is 5.91 Å². The van der Waals surface area contributed by atoms with Gasteiger partial charge in [-0.05, 0) is 32.4 Å². The monoisotopic (exact) mass is 337 g/mol. The molecule has 2 aromatic heterocycles. The molecule has 0 spiro atoms. The minimum absolute atomic E-state index is 0.0400. The third-order valence-electron chi connectivity index (χ3n) is 4.00. The maximum atomic E-state index is 12.3. The highest BCUT2D eigenvalue weighted by Gasteiger charge is 2.11. The van der Waals surface area contributed by atoms with Crippen molar-refractivity contribution in [3.63, 3.8) is 0 Å². The largest absolute Gasteiger partial charge is 0.311 e. The van der Waals surface area contributed by atoms with Crippen LogP contribution >= 0.6 is 0 Å². The van der Waals surface area contributed by atoms with Crippen LogP contribution in [0.15, 0.2) is 42.5 Å². The molecule has 0 aliphatic rings. The second kappa shape index (κ2) is 7.34. The number of nitrogens with zero attached hydrogens (tertiary/aromatic N) is 4. The van der Waals surface area contributed by atoms with E-state index in [1.54, 1.807) is 0 Å². The third-order valence-corrected chi connectivity index (χ3v) is 4.00. The van der Waals surface area contributed by atoms with Gasteiger partial charge in [-0.15, -0.1) is 0 Å². The van der Waals surface area contributed by atoms with Crippen LogP contribution in [0, 0.1) is 20.8 Å². The van der Waals surface area contributed by atoms with Gasteiger partial charge in [-0.3, -0.25) is 9.48 Å². The van der Waals surface area contributed by atoms with Crippen LogP contribution in [-0.4, -0.2) is 25.5 Å². The molecule has 1 aromatic carbocycles. The fourth-order valence-electron chi connectivity index (χ4n) is 2.84. The van der Waals surface area contributed by atoms with Crippen molar-refractivity contribution in [2.45, 2.75) is 40.3 Å². The van der Waals surface area contributed by atoms with Crippen molar-refractivity contribution in [2.75, 3.05) is 5.32 Å². The molecule has 2 heterocycles. The van der Waals surface area contributed by atoms with E-state index in [-0.39, 0.29) is 5.91 Å². The number of rotatable bonds is 6. The highest BCUT2D eigenvalue weighted by atomic mass is 16.1. The number of hydrogen-bond donors (Lipinski definition) is 1. The molecular formula is C19H23N5O. The fourth-order valence-corrected chi connectivity index (χ4v) is 2.84. The van der Waals surface area contributed by atoms with Crippen LogP contribution in [0.1, 0.15) is 29.1 Å². The Kier molecular flexibility index (Phi) is 4.97. The zero-order valence-corrected chi connectivity index (χ0v) is 14.9. The smallest absolute Gasteiger partial charge is 0.227 e. The van der Waals surface area contributed by atoms with E-state index < -0.39 is 0 Å². The molecule has 3 rings (SSSR count). The number of benzene rings is 1. The lowest BCUT2D eigenvalue weighted by Gasteiger charge is -2.09. The Bertz CT molecular complexity index is 863. The first-order chi connectivity index (χ1) is 12.0. The van der Waals surface area contributed by atoms with Gasteiger partial charge in [-0.25, -0.2) is 4.68 Å². The maximum Gasteiger partial charge on any atom is 0.227 e. The van der Waals surface area contributed by atoms with Gasteiger partial charge in [0.05, 0.1) is 17.9 Å². The molecule has 25 heavy (non-hydrogen) atoms. The number of amides is 1. The molecule has 1 N–H and O–H groups in total. The van der Waals surface area contributed by atoms with E-state index >= 15 is 0 Å². The predicted molar refractivity (Wildman–Crippen MR) is 97.5 cm³/mol. The first-order valence-electron chi connectivity index (χ1n) is 8.40. The summed E-state index contributed by atoms with van der Waals surface area (Å²) in [7, 11) is 0. The quantitative estimate of drug-likeness (QED) is 0.752. The molecule has 0 bridgehead atoms. The van der Waals surface area contributed by atoms with Gasteiger partial charge in [-0.2, -0.15) is 10.2 Å². The molecule has 0 unspecified atom stereocenters. The van der Waals surface area contributed by atoms with Crippen LogP contribution in [0.2, 0.25) is 0 Å². The number of nitrogens with one attached hydrogen (secondary N) is 1. The zero-order valence-electron chi connectivity index (χ0n) is 14.9. The number of hydrogen-bond acceptors (Lipinski definition) is 3. The number of anilines is 1.